The molecule has 36 heavy (non-hydrogen) atoms. The molecule has 0 fully saturated rings. The molecular weight excluding hydrogens is 450 g/mol. The van der Waals surface area contributed by atoms with E-state index in [9.17, 15) is 14.7 Å². The number of carbonyl (C=O) groups is 2. The van der Waals surface area contributed by atoms with Gasteiger partial charge in [0.1, 0.15) is 12.6 Å². The maximum absolute atomic E-state index is 13.0. The van der Waals surface area contributed by atoms with Gasteiger partial charge in [0.2, 0.25) is 0 Å². The van der Waals surface area contributed by atoms with Gasteiger partial charge in [0.05, 0.1) is 0 Å². The third-order valence-electron chi connectivity index (χ3n) is 6.90. The van der Waals surface area contributed by atoms with Gasteiger partial charge < -0.3 is 15.2 Å². The average molecular weight is 478 g/mol. The zero-order valence-corrected chi connectivity index (χ0v) is 19.9. The number of hydrogen-bond donors (Lipinski definition) is 2. The zero-order valence-electron chi connectivity index (χ0n) is 19.9. The van der Waals surface area contributed by atoms with Crippen molar-refractivity contribution in [3.8, 4) is 11.1 Å². The number of aliphatic carboxylic acids is 1. The molecular formula is C31H27NO4. The smallest absolute Gasteiger partial charge is 0.407 e. The second-order valence-electron chi connectivity index (χ2n) is 9.03. The number of ether oxygens (including phenoxy) is 1. The van der Waals surface area contributed by atoms with Crippen LogP contribution in [-0.4, -0.2) is 29.8 Å². The van der Waals surface area contributed by atoms with E-state index < -0.39 is 24.0 Å². The van der Waals surface area contributed by atoms with Crippen LogP contribution in [-0.2, 0) is 9.53 Å². The third-order valence-corrected chi connectivity index (χ3v) is 6.90. The molecule has 4 aromatic carbocycles. The molecule has 5 nitrogen and oxygen atoms in total. The number of aryl methyl sites for hydroxylation is 1. The molecule has 0 saturated carbocycles. The Labute approximate surface area is 210 Å². The van der Waals surface area contributed by atoms with Crippen molar-refractivity contribution in [2.24, 2.45) is 0 Å². The Bertz CT molecular complexity index is 1350. The Morgan fingerprint density at radius 2 is 1.36 bits per heavy atom. The van der Waals surface area contributed by atoms with E-state index in [0.717, 1.165) is 38.9 Å². The largest absolute Gasteiger partial charge is 0.480 e. The molecule has 1 aliphatic rings. The molecule has 0 aliphatic heterocycles. The first-order valence-corrected chi connectivity index (χ1v) is 12.0. The van der Waals surface area contributed by atoms with Crippen LogP contribution >= 0.6 is 0 Å². The van der Waals surface area contributed by atoms with Gasteiger partial charge >= 0.3 is 12.1 Å². The van der Waals surface area contributed by atoms with Crippen molar-refractivity contribution in [2.45, 2.75) is 24.8 Å². The first kappa shape index (κ1) is 23.4. The summed E-state index contributed by atoms with van der Waals surface area (Å²) in [6.45, 7) is 2.06. The molecule has 0 saturated heterocycles. The van der Waals surface area contributed by atoms with Gasteiger partial charge in [-0.2, -0.15) is 0 Å². The third kappa shape index (κ3) is 4.48. The van der Waals surface area contributed by atoms with Crippen LogP contribution in [0.1, 0.15) is 39.7 Å². The number of carboxylic acids is 1. The van der Waals surface area contributed by atoms with Crippen molar-refractivity contribution < 1.29 is 19.4 Å². The van der Waals surface area contributed by atoms with Gasteiger partial charge in [0, 0.05) is 11.8 Å². The van der Waals surface area contributed by atoms with E-state index in [4.69, 9.17) is 4.74 Å². The second kappa shape index (κ2) is 10.1. The van der Waals surface area contributed by atoms with Crippen molar-refractivity contribution in [1.82, 2.24) is 5.32 Å². The molecule has 2 N–H and O–H groups in total. The fourth-order valence-electron chi connectivity index (χ4n) is 5.20. The highest BCUT2D eigenvalue weighted by molar-refractivity contribution is 5.82. The number of rotatable bonds is 7. The Hall–Kier alpha value is -4.38. The highest BCUT2D eigenvalue weighted by atomic mass is 16.5. The standard InChI is InChI=1S/C31H27NO4/c1-20-11-5-6-14-22(20)28(21-12-3-2-4-13-21)29(30(33)34)32-31(35)36-19-27-25-17-9-7-15-23(25)24-16-8-10-18-26(24)27/h2-18,27-29H,19H2,1H3,(H,32,35)(H,33,34)/t28?,29-/m0/s1. The summed E-state index contributed by atoms with van der Waals surface area (Å²) >= 11 is 0. The van der Waals surface area contributed by atoms with Crippen molar-refractivity contribution in [2.75, 3.05) is 6.61 Å². The Kier molecular flexibility index (Phi) is 6.54. The quantitative estimate of drug-likeness (QED) is 0.336. The zero-order chi connectivity index (χ0) is 25.1. The second-order valence-corrected chi connectivity index (χ2v) is 9.03. The molecule has 0 spiro atoms. The molecule has 1 amide bonds. The van der Waals surface area contributed by atoms with Gasteiger partial charge in [0.15, 0.2) is 0 Å². The van der Waals surface area contributed by atoms with Gasteiger partial charge in [-0.05, 0) is 45.9 Å². The van der Waals surface area contributed by atoms with Gasteiger partial charge in [-0.3, -0.25) is 0 Å². The number of benzene rings is 4. The fourth-order valence-corrected chi connectivity index (χ4v) is 5.20. The minimum Gasteiger partial charge on any atom is -0.480 e. The Morgan fingerprint density at radius 1 is 0.806 bits per heavy atom. The van der Waals surface area contributed by atoms with E-state index in [1.807, 2.05) is 97.9 Å². The van der Waals surface area contributed by atoms with Crippen LogP contribution in [0.15, 0.2) is 103 Å². The number of hydrogen-bond acceptors (Lipinski definition) is 3. The van der Waals surface area contributed by atoms with E-state index >= 15 is 0 Å². The molecule has 2 atom stereocenters. The maximum Gasteiger partial charge on any atom is 0.407 e. The summed E-state index contributed by atoms with van der Waals surface area (Å²) in [5, 5.41) is 12.8. The average Bonchev–Trinajstić information content (AvgIpc) is 3.22. The predicted octanol–water partition coefficient (Wildman–Crippen LogP) is 6.12. The highest BCUT2D eigenvalue weighted by Crippen LogP contribution is 2.44. The lowest BCUT2D eigenvalue weighted by Gasteiger charge is -2.27. The minimum absolute atomic E-state index is 0.104. The maximum atomic E-state index is 13.0. The molecule has 1 aliphatic carbocycles. The van der Waals surface area contributed by atoms with Gasteiger partial charge in [-0.15, -0.1) is 0 Å². The molecule has 1 unspecified atom stereocenters. The van der Waals surface area contributed by atoms with Crippen LogP contribution in [0.5, 0.6) is 0 Å². The van der Waals surface area contributed by atoms with Gasteiger partial charge in [0.25, 0.3) is 0 Å². The van der Waals surface area contributed by atoms with Crippen molar-refractivity contribution >= 4 is 12.1 Å². The Balaban J connectivity index is 1.39. The SMILES string of the molecule is Cc1ccccc1C(c1ccccc1)[C@H](NC(=O)OCC1c2ccccc2-c2ccccc21)C(=O)O. The monoisotopic (exact) mass is 477 g/mol. The summed E-state index contributed by atoms with van der Waals surface area (Å²) in [4.78, 5) is 25.4. The van der Waals surface area contributed by atoms with Crippen LogP contribution in [0, 0.1) is 6.92 Å². The summed E-state index contributed by atoms with van der Waals surface area (Å²) in [7, 11) is 0. The predicted molar refractivity (Wildman–Crippen MR) is 139 cm³/mol. The van der Waals surface area contributed by atoms with E-state index in [2.05, 4.69) is 17.4 Å². The number of amides is 1. The molecule has 0 radical (unpaired) electrons. The van der Waals surface area contributed by atoms with E-state index in [-0.39, 0.29) is 12.5 Å². The molecule has 0 aromatic heterocycles. The number of carboxylic acid groups (broad SMARTS) is 1. The van der Waals surface area contributed by atoms with Crippen LogP contribution in [0.3, 0.4) is 0 Å². The summed E-state index contributed by atoms with van der Waals surface area (Å²) < 4.78 is 5.66. The first-order chi connectivity index (χ1) is 17.5. The normalized spacial score (nSPS) is 13.8. The van der Waals surface area contributed by atoms with E-state index in [1.54, 1.807) is 0 Å². The van der Waals surface area contributed by atoms with Crippen LogP contribution in [0.4, 0.5) is 4.79 Å². The summed E-state index contributed by atoms with van der Waals surface area (Å²) in [5.41, 5.74) is 7.07. The molecule has 0 bridgehead atoms. The summed E-state index contributed by atoms with van der Waals surface area (Å²) in [6, 6.07) is 32.0. The fraction of sp³-hybridized carbons (Fsp3) is 0.161. The van der Waals surface area contributed by atoms with Crippen molar-refractivity contribution in [1.29, 1.82) is 0 Å². The Morgan fingerprint density at radius 3 is 1.97 bits per heavy atom. The molecule has 180 valence electrons. The number of carbonyl (C=O) groups excluding carboxylic acids is 1. The number of alkyl carbamates (subject to hydrolysis) is 1. The molecule has 4 aromatic rings. The number of nitrogens with one attached hydrogen (secondary N) is 1. The van der Waals surface area contributed by atoms with Crippen LogP contribution in [0.2, 0.25) is 0 Å². The minimum atomic E-state index is -1.20. The van der Waals surface area contributed by atoms with Crippen LogP contribution < -0.4 is 5.32 Å². The lowest BCUT2D eigenvalue weighted by atomic mass is 9.83. The van der Waals surface area contributed by atoms with Crippen molar-refractivity contribution in [3.05, 3.63) is 131 Å². The topological polar surface area (TPSA) is 75.6 Å². The number of fused-ring (bicyclic) bond motifs is 3. The molecule has 5 heteroatoms. The molecule has 5 rings (SSSR count). The molecule has 0 heterocycles. The van der Waals surface area contributed by atoms with Gasteiger partial charge in [-0.25, -0.2) is 9.59 Å². The lowest BCUT2D eigenvalue weighted by Crippen LogP contribution is -2.46. The highest BCUT2D eigenvalue weighted by Gasteiger charge is 2.34. The first-order valence-electron chi connectivity index (χ1n) is 12.0. The van der Waals surface area contributed by atoms with Crippen LogP contribution in [0.25, 0.3) is 11.1 Å². The van der Waals surface area contributed by atoms with Crippen molar-refractivity contribution in [3.63, 3.8) is 0 Å². The van der Waals surface area contributed by atoms with E-state index in [0.29, 0.717) is 0 Å². The summed E-state index contributed by atoms with van der Waals surface area (Å²) in [5.74, 6) is -1.81. The van der Waals surface area contributed by atoms with Gasteiger partial charge in [-0.1, -0.05) is 103 Å². The summed E-state index contributed by atoms with van der Waals surface area (Å²) in [6.07, 6.45) is -0.751. The van der Waals surface area contributed by atoms with E-state index in [1.165, 1.54) is 0 Å². The lowest BCUT2D eigenvalue weighted by molar-refractivity contribution is -0.139.